The normalized spacial score (nSPS) is 14.8. The molecule has 1 aliphatic rings. The van der Waals surface area contributed by atoms with Gasteiger partial charge in [0.2, 0.25) is 0 Å². The molecule has 0 atom stereocenters. The summed E-state index contributed by atoms with van der Waals surface area (Å²) in [5.74, 6) is 4.38. The molecule has 3 N–H and O–H groups in total. The van der Waals surface area contributed by atoms with Gasteiger partial charge < -0.3 is 10.3 Å². The van der Waals surface area contributed by atoms with Crippen LogP contribution in [0.15, 0.2) is 6.07 Å². The van der Waals surface area contributed by atoms with Crippen molar-refractivity contribution < 1.29 is 8.78 Å². The van der Waals surface area contributed by atoms with E-state index in [2.05, 4.69) is 24.3 Å². The average molecular weight is 270 g/mol. The summed E-state index contributed by atoms with van der Waals surface area (Å²) >= 11 is 0. The van der Waals surface area contributed by atoms with E-state index in [9.17, 15) is 8.78 Å². The zero-order valence-electron chi connectivity index (χ0n) is 11.3. The first-order chi connectivity index (χ1) is 9.02. The van der Waals surface area contributed by atoms with Gasteiger partial charge in [0.25, 0.3) is 0 Å². The van der Waals surface area contributed by atoms with Gasteiger partial charge in [-0.3, -0.25) is 0 Å². The molecule has 2 rings (SSSR count). The summed E-state index contributed by atoms with van der Waals surface area (Å²) in [6.45, 7) is 4.96. The second-order valence-corrected chi connectivity index (χ2v) is 5.38. The monoisotopic (exact) mass is 270 g/mol. The Kier molecular flexibility index (Phi) is 4.19. The van der Waals surface area contributed by atoms with Crippen LogP contribution >= 0.6 is 0 Å². The van der Waals surface area contributed by atoms with E-state index in [1.54, 1.807) is 0 Å². The summed E-state index contributed by atoms with van der Waals surface area (Å²) in [7, 11) is 0. The number of pyridine rings is 1. The molecule has 0 bridgehead atoms. The van der Waals surface area contributed by atoms with E-state index in [0.717, 1.165) is 31.9 Å². The van der Waals surface area contributed by atoms with Crippen molar-refractivity contribution in [3.05, 3.63) is 17.7 Å². The lowest BCUT2D eigenvalue weighted by Gasteiger charge is -2.25. The van der Waals surface area contributed by atoms with E-state index >= 15 is 0 Å². The molecule has 106 valence electrons. The predicted molar refractivity (Wildman–Crippen MR) is 71.8 cm³/mol. The molecule has 0 amide bonds. The van der Waals surface area contributed by atoms with Crippen LogP contribution in [0.5, 0.6) is 0 Å². The van der Waals surface area contributed by atoms with Gasteiger partial charge in [-0.2, -0.15) is 0 Å². The first-order valence-corrected chi connectivity index (χ1v) is 6.62. The topological polar surface area (TPSA) is 54.2 Å². The number of aromatic nitrogens is 1. The fourth-order valence-corrected chi connectivity index (χ4v) is 2.00. The number of nitrogen functional groups attached to an aromatic ring is 1. The molecule has 0 aromatic carbocycles. The fraction of sp³-hybridized carbons (Fsp3) is 0.615. The van der Waals surface area contributed by atoms with Gasteiger partial charge in [0.05, 0.1) is 0 Å². The lowest BCUT2D eigenvalue weighted by Crippen LogP contribution is -2.30. The Balaban J connectivity index is 2.25. The number of hydrazine groups is 1. The highest BCUT2D eigenvalue weighted by atomic mass is 19.1. The lowest BCUT2D eigenvalue weighted by molar-refractivity contribution is 0.543. The predicted octanol–water partition coefficient (Wildman–Crippen LogP) is 2.66. The van der Waals surface area contributed by atoms with Gasteiger partial charge in [0.1, 0.15) is 0 Å². The van der Waals surface area contributed by atoms with Crippen molar-refractivity contribution in [1.82, 2.24) is 4.98 Å². The second-order valence-electron chi connectivity index (χ2n) is 5.38. The number of anilines is 2. The zero-order chi connectivity index (χ0) is 14.0. The average Bonchev–Trinajstić information content (AvgIpc) is 3.15. The van der Waals surface area contributed by atoms with Crippen molar-refractivity contribution in [2.45, 2.75) is 39.2 Å². The van der Waals surface area contributed by atoms with Gasteiger partial charge in [-0.25, -0.2) is 19.6 Å². The minimum atomic E-state index is -0.775. The third-order valence-corrected chi connectivity index (χ3v) is 3.25. The largest absolute Gasteiger partial charge is 0.351 e. The molecule has 6 heteroatoms. The Hall–Kier alpha value is -1.43. The van der Waals surface area contributed by atoms with Gasteiger partial charge in [0, 0.05) is 18.7 Å². The minimum absolute atomic E-state index is 0.119. The van der Waals surface area contributed by atoms with Crippen molar-refractivity contribution in [2.24, 2.45) is 11.8 Å². The van der Waals surface area contributed by atoms with Crippen molar-refractivity contribution in [3.8, 4) is 0 Å². The first kappa shape index (κ1) is 14.0. The van der Waals surface area contributed by atoms with Gasteiger partial charge in [-0.15, -0.1) is 0 Å². The molecule has 0 spiro atoms. The van der Waals surface area contributed by atoms with Crippen LogP contribution in [0, 0.1) is 17.6 Å². The van der Waals surface area contributed by atoms with Crippen molar-refractivity contribution in [3.63, 3.8) is 0 Å². The molecule has 1 heterocycles. The quantitative estimate of drug-likeness (QED) is 0.616. The van der Waals surface area contributed by atoms with Crippen LogP contribution in [-0.4, -0.2) is 17.6 Å². The van der Waals surface area contributed by atoms with Crippen molar-refractivity contribution in [1.29, 1.82) is 0 Å². The molecule has 1 fully saturated rings. The zero-order valence-corrected chi connectivity index (χ0v) is 11.3. The maximum atomic E-state index is 13.9. The molecule has 0 saturated heterocycles. The van der Waals surface area contributed by atoms with Gasteiger partial charge in [0.15, 0.2) is 23.3 Å². The Morgan fingerprint density at radius 3 is 2.63 bits per heavy atom. The molecular formula is C13H20F2N4. The molecule has 1 aliphatic carbocycles. The van der Waals surface area contributed by atoms with Crippen LogP contribution in [-0.2, 0) is 0 Å². The molecule has 19 heavy (non-hydrogen) atoms. The SMILES string of the molecule is CC(C)CCN(c1nc(NN)c(F)cc1F)C1CC1. The van der Waals surface area contributed by atoms with Crippen LogP contribution in [0.1, 0.15) is 33.1 Å². The fourth-order valence-electron chi connectivity index (χ4n) is 2.00. The number of hydrogen-bond acceptors (Lipinski definition) is 4. The van der Waals surface area contributed by atoms with E-state index in [4.69, 9.17) is 5.84 Å². The van der Waals surface area contributed by atoms with Crippen molar-refractivity contribution >= 4 is 11.6 Å². The third-order valence-electron chi connectivity index (χ3n) is 3.25. The molecule has 1 aromatic rings. The number of nitrogens with zero attached hydrogens (tertiary/aromatic N) is 2. The van der Waals surface area contributed by atoms with Crippen LogP contribution in [0.3, 0.4) is 0 Å². The van der Waals surface area contributed by atoms with Crippen LogP contribution in [0.2, 0.25) is 0 Å². The molecule has 1 saturated carbocycles. The Morgan fingerprint density at radius 2 is 2.11 bits per heavy atom. The van der Waals surface area contributed by atoms with E-state index in [0.29, 0.717) is 12.0 Å². The summed E-state index contributed by atoms with van der Waals surface area (Å²) in [5.41, 5.74) is 2.16. The van der Waals surface area contributed by atoms with Crippen LogP contribution in [0.25, 0.3) is 0 Å². The summed E-state index contributed by atoms with van der Waals surface area (Å²) in [6.07, 6.45) is 3.00. The second kappa shape index (κ2) is 5.69. The summed E-state index contributed by atoms with van der Waals surface area (Å²) in [6, 6.07) is 1.15. The third kappa shape index (κ3) is 3.32. The lowest BCUT2D eigenvalue weighted by atomic mass is 10.1. The first-order valence-electron chi connectivity index (χ1n) is 6.62. The highest BCUT2D eigenvalue weighted by Crippen LogP contribution is 2.33. The van der Waals surface area contributed by atoms with E-state index in [1.165, 1.54) is 0 Å². The molecular weight excluding hydrogens is 250 g/mol. The van der Waals surface area contributed by atoms with E-state index < -0.39 is 11.6 Å². The van der Waals surface area contributed by atoms with Gasteiger partial charge in [-0.05, 0) is 25.2 Å². The van der Waals surface area contributed by atoms with Gasteiger partial charge in [-0.1, -0.05) is 13.8 Å². The summed E-state index contributed by atoms with van der Waals surface area (Å²) in [4.78, 5) is 5.90. The van der Waals surface area contributed by atoms with Crippen LogP contribution < -0.4 is 16.2 Å². The highest BCUT2D eigenvalue weighted by molar-refractivity contribution is 5.50. The number of nitrogens with two attached hydrogens (primary N) is 1. The Morgan fingerprint density at radius 1 is 1.42 bits per heavy atom. The number of rotatable bonds is 6. The maximum absolute atomic E-state index is 13.9. The molecule has 4 nitrogen and oxygen atoms in total. The van der Waals surface area contributed by atoms with E-state index in [1.807, 2.05) is 4.90 Å². The molecule has 0 radical (unpaired) electrons. The summed E-state index contributed by atoms with van der Waals surface area (Å²) < 4.78 is 27.3. The number of hydrogen-bond donors (Lipinski definition) is 2. The smallest absolute Gasteiger partial charge is 0.178 e. The summed E-state index contributed by atoms with van der Waals surface area (Å²) in [5, 5.41) is 0. The highest BCUT2D eigenvalue weighted by Gasteiger charge is 2.32. The molecule has 0 unspecified atom stereocenters. The van der Waals surface area contributed by atoms with Gasteiger partial charge >= 0.3 is 0 Å². The van der Waals surface area contributed by atoms with Crippen LogP contribution in [0.4, 0.5) is 20.4 Å². The Labute approximate surface area is 112 Å². The minimum Gasteiger partial charge on any atom is -0.351 e. The number of halogens is 2. The van der Waals surface area contributed by atoms with Crippen molar-refractivity contribution in [2.75, 3.05) is 16.9 Å². The number of nitrogens with one attached hydrogen (secondary N) is 1. The maximum Gasteiger partial charge on any atom is 0.178 e. The molecule has 0 aliphatic heterocycles. The van der Waals surface area contributed by atoms with E-state index in [-0.39, 0.29) is 11.6 Å². The standard InChI is InChI=1S/C13H20F2N4/c1-8(2)5-6-19(9-3-4-9)13-11(15)7-10(14)12(17-13)18-16/h7-9H,3-6,16H2,1-2H3,(H,17,18). The molecule has 1 aromatic heterocycles. The Bertz CT molecular complexity index is 447.